The number of nitrogens with zero attached hydrogens (tertiary/aromatic N) is 4. The summed E-state index contributed by atoms with van der Waals surface area (Å²) in [5, 5.41) is 19.3. The summed E-state index contributed by atoms with van der Waals surface area (Å²) in [5.74, 6) is 0.163. The summed E-state index contributed by atoms with van der Waals surface area (Å²) in [7, 11) is 0. The third-order valence-corrected chi connectivity index (χ3v) is 4.32. The fraction of sp³-hybridized carbons (Fsp3) is 0.438. The maximum Gasteiger partial charge on any atom is 0.416 e. The number of hydrogen-bond donors (Lipinski definition) is 1. The van der Waals surface area contributed by atoms with Crippen LogP contribution in [0.3, 0.4) is 0 Å². The molecule has 1 aliphatic heterocycles. The normalized spacial score (nSPS) is 16.9. The molecule has 2 aromatic rings. The molecule has 0 amide bonds. The highest BCUT2D eigenvalue weighted by Gasteiger charge is 2.31. The first kappa shape index (κ1) is 16.5. The summed E-state index contributed by atoms with van der Waals surface area (Å²) in [4.78, 5) is 2.12. The number of H-pyrrole nitrogens is 1. The fourth-order valence-electron chi connectivity index (χ4n) is 3.07. The molecule has 1 fully saturated rings. The molecule has 1 aromatic carbocycles. The second-order valence-electron chi connectivity index (χ2n) is 5.92. The number of likely N-dealkylation sites (tertiary alicyclic amines) is 1. The van der Waals surface area contributed by atoms with Crippen LogP contribution in [0.2, 0.25) is 0 Å². The predicted molar refractivity (Wildman–Crippen MR) is 79.8 cm³/mol. The van der Waals surface area contributed by atoms with Crippen molar-refractivity contribution in [3.63, 3.8) is 0 Å². The molecule has 0 aliphatic carbocycles. The summed E-state index contributed by atoms with van der Waals surface area (Å²) in [5.41, 5.74) is 1.06. The van der Waals surface area contributed by atoms with Gasteiger partial charge in [-0.25, -0.2) is 0 Å². The zero-order valence-corrected chi connectivity index (χ0v) is 12.8. The highest BCUT2D eigenvalue weighted by Crippen LogP contribution is 2.31. The Bertz CT molecular complexity index is 739. The van der Waals surface area contributed by atoms with E-state index in [2.05, 4.69) is 20.3 Å². The summed E-state index contributed by atoms with van der Waals surface area (Å²) < 4.78 is 38.3. The Labute approximate surface area is 137 Å². The Kier molecular flexibility index (Phi) is 4.53. The van der Waals surface area contributed by atoms with E-state index in [0.29, 0.717) is 23.5 Å². The molecule has 126 valence electrons. The van der Waals surface area contributed by atoms with Gasteiger partial charge in [0.25, 0.3) is 0 Å². The van der Waals surface area contributed by atoms with Crippen LogP contribution in [-0.2, 0) is 12.7 Å². The molecular formula is C16H16F3N5. The standard InChI is InChI=1S/C16H16F3N5/c17-16(18,19)13-3-1-2-11(8-13)10-24-6-4-12(5-7-24)15-14(9-20)21-23-22-15/h1-3,8,12H,4-7,10H2,(H,21,22,23). The molecule has 3 rings (SSSR count). The van der Waals surface area contributed by atoms with E-state index in [9.17, 15) is 13.2 Å². The maximum atomic E-state index is 12.8. The van der Waals surface area contributed by atoms with Gasteiger partial charge in [0.1, 0.15) is 11.8 Å². The van der Waals surface area contributed by atoms with Crippen molar-refractivity contribution in [1.29, 1.82) is 5.26 Å². The molecule has 0 bridgehead atoms. The average molecular weight is 335 g/mol. The van der Waals surface area contributed by atoms with Crippen molar-refractivity contribution in [3.8, 4) is 6.07 Å². The molecule has 5 nitrogen and oxygen atoms in total. The van der Waals surface area contributed by atoms with Gasteiger partial charge in [-0.1, -0.05) is 18.2 Å². The van der Waals surface area contributed by atoms with Crippen molar-refractivity contribution in [2.75, 3.05) is 13.1 Å². The van der Waals surface area contributed by atoms with E-state index in [1.807, 2.05) is 6.07 Å². The zero-order chi connectivity index (χ0) is 17.2. The van der Waals surface area contributed by atoms with Gasteiger partial charge >= 0.3 is 6.18 Å². The quantitative estimate of drug-likeness (QED) is 0.936. The number of aromatic nitrogens is 3. The SMILES string of the molecule is N#Cc1n[nH]nc1C1CCN(Cc2cccc(C(F)(F)F)c2)CC1. The number of benzene rings is 1. The van der Waals surface area contributed by atoms with Crippen molar-refractivity contribution in [3.05, 3.63) is 46.8 Å². The molecular weight excluding hydrogens is 319 g/mol. The number of rotatable bonds is 3. The van der Waals surface area contributed by atoms with Gasteiger partial charge in [-0.15, -0.1) is 5.10 Å². The third kappa shape index (κ3) is 3.57. The molecule has 8 heteroatoms. The monoisotopic (exact) mass is 335 g/mol. The van der Waals surface area contributed by atoms with Gasteiger partial charge < -0.3 is 0 Å². The first-order valence-corrected chi connectivity index (χ1v) is 7.66. The number of aromatic amines is 1. The molecule has 2 heterocycles. The van der Waals surface area contributed by atoms with Gasteiger partial charge in [0.15, 0.2) is 5.69 Å². The number of alkyl halides is 3. The van der Waals surface area contributed by atoms with Crippen LogP contribution in [0.4, 0.5) is 13.2 Å². The molecule has 0 spiro atoms. The maximum absolute atomic E-state index is 12.8. The van der Waals surface area contributed by atoms with Gasteiger partial charge in [-0.05, 0) is 37.6 Å². The molecule has 1 N–H and O–H groups in total. The first-order chi connectivity index (χ1) is 11.5. The van der Waals surface area contributed by atoms with E-state index in [-0.39, 0.29) is 5.92 Å². The molecule has 24 heavy (non-hydrogen) atoms. The smallest absolute Gasteiger partial charge is 0.299 e. The number of piperidine rings is 1. The predicted octanol–water partition coefficient (Wildman–Crippen LogP) is 3.07. The molecule has 1 aliphatic rings. The zero-order valence-electron chi connectivity index (χ0n) is 12.8. The van der Waals surface area contributed by atoms with E-state index in [0.717, 1.165) is 32.0 Å². The Balaban J connectivity index is 1.61. The lowest BCUT2D eigenvalue weighted by Crippen LogP contribution is -2.32. The van der Waals surface area contributed by atoms with Crippen LogP contribution in [0.15, 0.2) is 24.3 Å². The number of halogens is 3. The minimum atomic E-state index is -4.32. The third-order valence-electron chi connectivity index (χ3n) is 4.32. The molecule has 1 aromatic heterocycles. The highest BCUT2D eigenvalue weighted by molar-refractivity contribution is 5.28. The van der Waals surface area contributed by atoms with Crippen molar-refractivity contribution < 1.29 is 13.2 Å². The van der Waals surface area contributed by atoms with Gasteiger partial charge in [0.2, 0.25) is 0 Å². The summed E-state index contributed by atoms with van der Waals surface area (Å²) in [6.45, 7) is 1.98. The lowest BCUT2D eigenvalue weighted by atomic mass is 9.92. The van der Waals surface area contributed by atoms with E-state index in [1.54, 1.807) is 6.07 Å². The van der Waals surface area contributed by atoms with E-state index in [4.69, 9.17) is 5.26 Å². The lowest BCUT2D eigenvalue weighted by molar-refractivity contribution is -0.137. The van der Waals surface area contributed by atoms with Gasteiger partial charge in [-0.3, -0.25) is 4.90 Å². The van der Waals surface area contributed by atoms with Crippen LogP contribution in [-0.4, -0.2) is 33.4 Å². The summed E-state index contributed by atoms with van der Waals surface area (Å²) in [6.07, 6.45) is -2.70. The number of nitrogens with one attached hydrogen (secondary N) is 1. The molecule has 0 saturated carbocycles. The van der Waals surface area contributed by atoms with Gasteiger partial charge in [0, 0.05) is 12.5 Å². The Morgan fingerprint density at radius 1 is 1.25 bits per heavy atom. The van der Waals surface area contributed by atoms with Crippen LogP contribution < -0.4 is 0 Å². The van der Waals surface area contributed by atoms with Crippen LogP contribution in [0.25, 0.3) is 0 Å². The largest absolute Gasteiger partial charge is 0.416 e. The van der Waals surface area contributed by atoms with Crippen molar-refractivity contribution in [2.24, 2.45) is 0 Å². The molecule has 0 radical (unpaired) electrons. The van der Waals surface area contributed by atoms with E-state index < -0.39 is 11.7 Å². The van der Waals surface area contributed by atoms with Crippen LogP contribution >= 0.6 is 0 Å². The van der Waals surface area contributed by atoms with Crippen molar-refractivity contribution in [1.82, 2.24) is 20.3 Å². The first-order valence-electron chi connectivity index (χ1n) is 7.66. The summed E-state index contributed by atoms with van der Waals surface area (Å²) >= 11 is 0. The van der Waals surface area contributed by atoms with E-state index in [1.165, 1.54) is 12.1 Å². The average Bonchev–Trinajstić information content (AvgIpc) is 3.04. The Hall–Kier alpha value is -2.40. The molecule has 1 saturated heterocycles. The molecule has 0 atom stereocenters. The summed E-state index contributed by atoms with van der Waals surface area (Å²) in [6, 6.07) is 7.47. The number of hydrogen-bond acceptors (Lipinski definition) is 4. The lowest BCUT2D eigenvalue weighted by Gasteiger charge is -2.31. The van der Waals surface area contributed by atoms with Crippen LogP contribution in [0.1, 0.15) is 41.3 Å². The number of nitriles is 1. The fourth-order valence-corrected chi connectivity index (χ4v) is 3.07. The van der Waals surface area contributed by atoms with Crippen molar-refractivity contribution >= 4 is 0 Å². The highest BCUT2D eigenvalue weighted by atomic mass is 19.4. The Morgan fingerprint density at radius 2 is 2.00 bits per heavy atom. The topological polar surface area (TPSA) is 68.6 Å². The molecule has 0 unspecified atom stereocenters. The van der Waals surface area contributed by atoms with Crippen LogP contribution in [0.5, 0.6) is 0 Å². The Morgan fingerprint density at radius 3 is 2.67 bits per heavy atom. The second kappa shape index (κ2) is 6.61. The van der Waals surface area contributed by atoms with Crippen molar-refractivity contribution in [2.45, 2.75) is 31.5 Å². The second-order valence-corrected chi connectivity index (χ2v) is 5.92. The minimum absolute atomic E-state index is 0.163. The van der Waals surface area contributed by atoms with E-state index >= 15 is 0 Å². The minimum Gasteiger partial charge on any atom is -0.299 e. The van der Waals surface area contributed by atoms with Gasteiger partial charge in [-0.2, -0.15) is 28.7 Å². The van der Waals surface area contributed by atoms with Gasteiger partial charge in [0.05, 0.1) is 5.56 Å². The van der Waals surface area contributed by atoms with Crippen LogP contribution in [0, 0.1) is 11.3 Å².